The summed E-state index contributed by atoms with van der Waals surface area (Å²) in [6, 6.07) is 1.40. The number of hydrogen-bond acceptors (Lipinski definition) is 2. The van der Waals surface area contributed by atoms with E-state index < -0.39 is 99.8 Å². The molecular weight excluding hydrogens is 598 g/mol. The minimum absolute atomic E-state index is 0.0130. The van der Waals surface area contributed by atoms with Gasteiger partial charge in [-0.15, -0.1) is 0 Å². The molecule has 0 saturated heterocycles. The lowest BCUT2D eigenvalue weighted by Gasteiger charge is -2.19. The molecule has 2 atom stereocenters. The summed E-state index contributed by atoms with van der Waals surface area (Å²) in [6.45, 7) is -0.788. The van der Waals surface area contributed by atoms with E-state index in [1.165, 1.54) is 5.32 Å². The molecule has 3 nitrogen and oxygen atoms in total. The van der Waals surface area contributed by atoms with E-state index in [2.05, 4.69) is 0 Å². The third-order valence-electron chi connectivity index (χ3n) is 5.33. The van der Waals surface area contributed by atoms with Gasteiger partial charge in [0.1, 0.15) is 18.3 Å². The number of hydrogen-bond donors (Lipinski definition) is 1. The number of halogens is 13. The number of benzene rings is 2. The predicted molar refractivity (Wildman–Crippen MR) is 118 cm³/mol. The molecule has 0 bridgehead atoms. The van der Waals surface area contributed by atoms with Gasteiger partial charge in [-0.1, -0.05) is 30.7 Å². The topological polar surface area (TPSA) is 46.2 Å². The lowest BCUT2D eigenvalue weighted by Crippen LogP contribution is -2.37. The lowest BCUT2D eigenvalue weighted by atomic mass is 9.92. The molecule has 0 aliphatic carbocycles. The van der Waals surface area contributed by atoms with Crippen molar-refractivity contribution in [3.05, 3.63) is 75.3 Å². The van der Waals surface area contributed by atoms with Crippen molar-refractivity contribution in [2.24, 2.45) is 5.92 Å². The normalized spacial score (nSPS) is 14.6. The zero-order valence-electron chi connectivity index (χ0n) is 19.8. The van der Waals surface area contributed by atoms with Gasteiger partial charge in [-0.3, -0.25) is 9.59 Å². The van der Waals surface area contributed by atoms with Gasteiger partial charge in [-0.25, -0.2) is 13.2 Å². The predicted octanol–water partition coefficient (Wildman–Crippen LogP) is 8.18. The zero-order chi connectivity index (χ0) is 30.8. The van der Waals surface area contributed by atoms with Crippen LogP contribution in [0.25, 0.3) is 5.83 Å². The monoisotopic (exact) mass is 613 g/mol. The van der Waals surface area contributed by atoms with Crippen molar-refractivity contribution in [3.8, 4) is 0 Å². The van der Waals surface area contributed by atoms with E-state index in [9.17, 15) is 62.3 Å². The van der Waals surface area contributed by atoms with Crippen LogP contribution >= 0.6 is 11.6 Å². The summed E-state index contributed by atoms with van der Waals surface area (Å²) in [5.41, 5.74) is -5.07. The number of ketones is 1. The fourth-order valence-electron chi connectivity index (χ4n) is 3.39. The molecule has 0 saturated carbocycles. The SMILES string of the molecule is C[C@@H](CC(=O)c1ccc(/C(F)=C/C(c2cc(F)c(F)c(Cl)c2)C(F)(F)F)cc1C(F)(F)F)C(=O)NCC(F)(F)F. The van der Waals surface area contributed by atoms with Crippen LogP contribution in [-0.2, 0) is 11.0 Å². The van der Waals surface area contributed by atoms with Gasteiger partial charge < -0.3 is 5.32 Å². The van der Waals surface area contributed by atoms with Gasteiger partial charge in [-0.2, -0.15) is 39.5 Å². The van der Waals surface area contributed by atoms with Crippen LogP contribution in [0, 0.1) is 17.6 Å². The molecule has 1 unspecified atom stereocenters. The molecule has 2 rings (SSSR count). The average Bonchev–Trinajstić information content (AvgIpc) is 2.81. The van der Waals surface area contributed by atoms with Crippen molar-refractivity contribution < 1.29 is 62.3 Å². The highest BCUT2D eigenvalue weighted by Crippen LogP contribution is 2.41. The number of Topliss-reactive ketones (excluding diaryl/α,β-unsaturated/α-hetero) is 1. The van der Waals surface area contributed by atoms with Gasteiger partial charge in [0.15, 0.2) is 17.4 Å². The Hall–Kier alpha value is -3.23. The molecule has 0 radical (unpaired) electrons. The summed E-state index contributed by atoms with van der Waals surface area (Å²) in [5.74, 6) is -12.5. The molecule has 0 fully saturated rings. The molecule has 220 valence electrons. The fourth-order valence-corrected chi connectivity index (χ4v) is 3.61. The number of carbonyl (C=O) groups is 2. The van der Waals surface area contributed by atoms with Crippen LogP contribution in [0.5, 0.6) is 0 Å². The van der Waals surface area contributed by atoms with E-state index in [4.69, 9.17) is 11.6 Å². The summed E-state index contributed by atoms with van der Waals surface area (Å²) in [7, 11) is 0. The quantitative estimate of drug-likeness (QED) is 0.185. The number of rotatable bonds is 8. The summed E-state index contributed by atoms with van der Waals surface area (Å²) < 4.78 is 160. The van der Waals surface area contributed by atoms with E-state index in [-0.39, 0.29) is 18.2 Å². The van der Waals surface area contributed by atoms with Gasteiger partial charge in [0.25, 0.3) is 0 Å². The molecule has 0 spiro atoms. The van der Waals surface area contributed by atoms with Crippen molar-refractivity contribution >= 4 is 29.1 Å². The Morgan fingerprint density at radius 3 is 2.08 bits per heavy atom. The lowest BCUT2D eigenvalue weighted by molar-refractivity contribution is -0.140. The van der Waals surface area contributed by atoms with Gasteiger partial charge in [-0.05, 0) is 29.8 Å². The highest BCUT2D eigenvalue weighted by atomic mass is 35.5. The van der Waals surface area contributed by atoms with Crippen LogP contribution in [0.4, 0.5) is 52.7 Å². The summed E-state index contributed by atoms with van der Waals surface area (Å²) in [6.07, 6.45) is -16.7. The van der Waals surface area contributed by atoms with Crippen molar-refractivity contribution in [1.29, 1.82) is 0 Å². The molecule has 1 N–H and O–H groups in total. The van der Waals surface area contributed by atoms with Gasteiger partial charge in [0.2, 0.25) is 5.91 Å². The summed E-state index contributed by atoms with van der Waals surface area (Å²) in [4.78, 5) is 24.2. The smallest absolute Gasteiger partial charge is 0.347 e. The molecule has 16 heteroatoms. The summed E-state index contributed by atoms with van der Waals surface area (Å²) in [5, 5.41) is 0.394. The highest BCUT2D eigenvalue weighted by molar-refractivity contribution is 6.30. The molecule has 1 amide bonds. The second-order valence-electron chi connectivity index (χ2n) is 8.45. The van der Waals surface area contributed by atoms with Crippen molar-refractivity contribution in [2.75, 3.05) is 6.54 Å². The second-order valence-corrected chi connectivity index (χ2v) is 8.86. The number of allylic oxidation sites excluding steroid dienone is 1. The Labute approximate surface area is 222 Å². The van der Waals surface area contributed by atoms with E-state index >= 15 is 0 Å². The van der Waals surface area contributed by atoms with Crippen LogP contribution in [-0.4, -0.2) is 30.6 Å². The van der Waals surface area contributed by atoms with E-state index in [0.29, 0.717) is 18.2 Å². The third kappa shape index (κ3) is 8.63. The van der Waals surface area contributed by atoms with Gasteiger partial charge >= 0.3 is 18.5 Å². The number of nitrogens with one attached hydrogen (secondary N) is 1. The van der Waals surface area contributed by atoms with E-state index in [0.717, 1.165) is 6.92 Å². The number of alkyl halides is 9. The van der Waals surface area contributed by atoms with Crippen molar-refractivity contribution in [3.63, 3.8) is 0 Å². The van der Waals surface area contributed by atoms with E-state index in [1.54, 1.807) is 0 Å². The van der Waals surface area contributed by atoms with Crippen LogP contribution in [0.2, 0.25) is 5.02 Å². The number of carbonyl (C=O) groups excluding carboxylic acids is 2. The third-order valence-corrected chi connectivity index (χ3v) is 5.61. The van der Waals surface area contributed by atoms with Crippen molar-refractivity contribution in [1.82, 2.24) is 5.32 Å². The maximum atomic E-state index is 14.8. The van der Waals surface area contributed by atoms with Crippen LogP contribution in [0.1, 0.15) is 46.3 Å². The highest BCUT2D eigenvalue weighted by Gasteiger charge is 2.41. The molecule has 0 heterocycles. The molecular formula is C24H16ClF12NO2. The first-order valence-electron chi connectivity index (χ1n) is 10.8. The van der Waals surface area contributed by atoms with Crippen LogP contribution < -0.4 is 5.32 Å². The van der Waals surface area contributed by atoms with Gasteiger partial charge in [0.05, 0.1) is 10.6 Å². The number of amides is 1. The zero-order valence-corrected chi connectivity index (χ0v) is 20.5. The van der Waals surface area contributed by atoms with Crippen molar-refractivity contribution in [2.45, 2.75) is 37.8 Å². The average molecular weight is 614 g/mol. The van der Waals surface area contributed by atoms with Crippen LogP contribution in [0.15, 0.2) is 36.4 Å². The molecule has 0 aliphatic rings. The van der Waals surface area contributed by atoms with Gasteiger partial charge in [0, 0.05) is 23.5 Å². The molecule has 0 aliphatic heterocycles. The first-order chi connectivity index (χ1) is 18.1. The largest absolute Gasteiger partial charge is 0.417 e. The Bertz CT molecular complexity index is 1280. The van der Waals surface area contributed by atoms with E-state index in [1.807, 2.05) is 0 Å². The first kappa shape index (κ1) is 33.0. The Morgan fingerprint density at radius 2 is 1.57 bits per heavy atom. The molecule has 2 aromatic carbocycles. The molecule has 0 aromatic heterocycles. The summed E-state index contributed by atoms with van der Waals surface area (Å²) >= 11 is 5.35. The molecule has 2 aromatic rings. The second kappa shape index (κ2) is 12.1. The maximum Gasteiger partial charge on any atom is 0.417 e. The van der Waals surface area contributed by atoms with Crippen LogP contribution in [0.3, 0.4) is 0 Å². The standard InChI is InChI=1S/C24H16ClF12NO2/c1-10(21(40)38-9-22(29,30)31)4-19(39)13-3-2-11(5-15(13)24(35,36)37)17(26)8-14(23(32,33)34)12-6-16(25)20(28)18(27)7-12/h2-3,5-8,10,14H,4,9H2,1H3,(H,38,40)/b17-8-/t10-,14?/m0/s1. The Morgan fingerprint density at radius 1 is 0.975 bits per heavy atom. The Kier molecular flexibility index (Phi) is 9.98. The fraction of sp³-hybridized carbons (Fsp3) is 0.333. The minimum Gasteiger partial charge on any atom is -0.347 e. The Balaban J connectivity index is 2.45. The maximum absolute atomic E-state index is 14.8. The first-order valence-corrected chi connectivity index (χ1v) is 11.2. The minimum atomic E-state index is -5.36. The molecule has 40 heavy (non-hydrogen) atoms.